The van der Waals surface area contributed by atoms with Gasteiger partial charge in [0, 0.05) is 12.8 Å². The van der Waals surface area contributed by atoms with Crippen LogP contribution in [0.5, 0.6) is 5.75 Å². The molecule has 0 aliphatic carbocycles. The van der Waals surface area contributed by atoms with Crippen molar-refractivity contribution in [3.8, 4) is 5.75 Å². The number of carboxylic acid groups (broad SMARTS) is 1. The molecule has 2 aromatic rings. The van der Waals surface area contributed by atoms with Gasteiger partial charge in [-0.3, -0.25) is 14.4 Å². The third kappa shape index (κ3) is 7.81. The van der Waals surface area contributed by atoms with E-state index in [-0.39, 0.29) is 30.5 Å². The number of phenols is 1. The highest BCUT2D eigenvalue weighted by molar-refractivity contribution is 5.94. The Kier molecular flexibility index (Phi) is 9.40. The molecule has 10 heteroatoms. The summed E-state index contributed by atoms with van der Waals surface area (Å²) in [5.41, 5.74) is 1.39. The number of hydrogen-bond acceptors (Lipinski definition) is 6. The topological polar surface area (TPSA) is 157 Å². The molecule has 10 nitrogen and oxygen atoms in total. The Morgan fingerprint density at radius 2 is 1.50 bits per heavy atom. The number of aromatic hydroxyl groups is 1. The minimum absolute atomic E-state index is 0.00575. The first-order chi connectivity index (χ1) is 17.2. The van der Waals surface area contributed by atoms with Crippen molar-refractivity contribution in [2.24, 2.45) is 0 Å². The van der Waals surface area contributed by atoms with E-state index in [4.69, 9.17) is 0 Å². The lowest BCUT2D eigenvalue weighted by atomic mass is 10.0. The summed E-state index contributed by atoms with van der Waals surface area (Å²) >= 11 is 0. The standard InChI is InChI=1S/C26H32N4O6/c1-16(28-24(33)20-8-5-13-27-20)23(32)29-21(14-17-6-3-2-4-7-17)25(34)30-22(26(35)36)15-18-9-11-19(31)12-10-18/h2-4,6-7,9-12,16,20-22,27,31H,5,8,13-15H2,1H3,(H,28,33)(H,29,32)(H,30,34)(H,35,36). The van der Waals surface area contributed by atoms with Gasteiger partial charge in [0.1, 0.15) is 23.9 Å². The molecule has 36 heavy (non-hydrogen) atoms. The van der Waals surface area contributed by atoms with E-state index in [2.05, 4.69) is 21.3 Å². The highest BCUT2D eigenvalue weighted by Gasteiger charge is 2.30. The molecule has 3 rings (SSSR count). The van der Waals surface area contributed by atoms with Crippen LogP contribution >= 0.6 is 0 Å². The van der Waals surface area contributed by atoms with Crippen LogP contribution in [0.25, 0.3) is 0 Å². The number of carbonyl (C=O) groups is 4. The van der Waals surface area contributed by atoms with Crippen molar-refractivity contribution in [1.29, 1.82) is 0 Å². The number of hydrogen-bond donors (Lipinski definition) is 6. The van der Waals surface area contributed by atoms with Gasteiger partial charge in [0.2, 0.25) is 17.7 Å². The van der Waals surface area contributed by atoms with E-state index in [1.807, 2.05) is 6.07 Å². The molecule has 4 unspecified atom stereocenters. The van der Waals surface area contributed by atoms with E-state index < -0.39 is 35.9 Å². The zero-order valence-corrected chi connectivity index (χ0v) is 20.1. The molecule has 2 aromatic carbocycles. The summed E-state index contributed by atoms with van der Waals surface area (Å²) in [5, 5.41) is 30.0. The molecule has 6 N–H and O–H groups in total. The third-order valence-corrected chi connectivity index (χ3v) is 6.04. The van der Waals surface area contributed by atoms with E-state index in [0.29, 0.717) is 12.0 Å². The van der Waals surface area contributed by atoms with Crippen molar-refractivity contribution in [3.63, 3.8) is 0 Å². The van der Waals surface area contributed by atoms with Crippen LogP contribution in [0.4, 0.5) is 0 Å². The summed E-state index contributed by atoms with van der Waals surface area (Å²) in [6.07, 6.45) is 1.70. The van der Waals surface area contributed by atoms with Crippen LogP contribution in [0.3, 0.4) is 0 Å². The minimum Gasteiger partial charge on any atom is -0.508 e. The molecule has 192 valence electrons. The highest BCUT2D eigenvalue weighted by atomic mass is 16.4. The fourth-order valence-corrected chi connectivity index (χ4v) is 3.98. The Labute approximate surface area is 209 Å². The van der Waals surface area contributed by atoms with Gasteiger partial charge in [-0.1, -0.05) is 42.5 Å². The molecule has 1 fully saturated rings. The number of benzene rings is 2. The van der Waals surface area contributed by atoms with Gasteiger partial charge in [-0.15, -0.1) is 0 Å². The number of rotatable bonds is 11. The van der Waals surface area contributed by atoms with E-state index in [9.17, 15) is 29.4 Å². The van der Waals surface area contributed by atoms with Crippen molar-refractivity contribution in [1.82, 2.24) is 21.3 Å². The highest BCUT2D eigenvalue weighted by Crippen LogP contribution is 2.12. The van der Waals surface area contributed by atoms with Gasteiger partial charge < -0.3 is 31.5 Å². The molecule has 0 bridgehead atoms. The molecular weight excluding hydrogens is 464 g/mol. The number of amides is 3. The van der Waals surface area contributed by atoms with Crippen LogP contribution in [-0.4, -0.2) is 64.6 Å². The SMILES string of the molecule is CC(NC(=O)C1CCCN1)C(=O)NC(Cc1ccccc1)C(=O)NC(Cc1ccc(O)cc1)C(=O)O. The fraction of sp³-hybridized carbons (Fsp3) is 0.385. The van der Waals surface area contributed by atoms with Gasteiger partial charge >= 0.3 is 5.97 Å². The van der Waals surface area contributed by atoms with Crippen LogP contribution in [0.1, 0.15) is 30.9 Å². The molecule has 4 atom stereocenters. The Morgan fingerprint density at radius 3 is 2.11 bits per heavy atom. The average molecular weight is 497 g/mol. The Balaban J connectivity index is 1.69. The fourth-order valence-electron chi connectivity index (χ4n) is 3.98. The number of nitrogens with one attached hydrogen (secondary N) is 4. The number of phenolic OH excluding ortho intramolecular Hbond substituents is 1. The Morgan fingerprint density at radius 1 is 0.889 bits per heavy atom. The lowest BCUT2D eigenvalue weighted by Crippen LogP contribution is -2.57. The molecule has 1 heterocycles. The smallest absolute Gasteiger partial charge is 0.326 e. The molecule has 1 aliphatic heterocycles. The van der Waals surface area contributed by atoms with Gasteiger partial charge in [-0.2, -0.15) is 0 Å². The lowest BCUT2D eigenvalue weighted by molar-refractivity contribution is -0.142. The molecule has 1 aliphatic rings. The quantitative estimate of drug-likeness (QED) is 0.264. The summed E-state index contributed by atoms with van der Waals surface area (Å²) in [4.78, 5) is 50.3. The Hall–Kier alpha value is -3.92. The third-order valence-electron chi connectivity index (χ3n) is 6.04. The maximum Gasteiger partial charge on any atom is 0.326 e. The van der Waals surface area contributed by atoms with Crippen LogP contribution < -0.4 is 21.3 Å². The van der Waals surface area contributed by atoms with E-state index in [1.54, 1.807) is 36.4 Å². The molecule has 0 spiro atoms. The predicted molar refractivity (Wildman–Crippen MR) is 132 cm³/mol. The van der Waals surface area contributed by atoms with Crippen LogP contribution in [-0.2, 0) is 32.0 Å². The van der Waals surface area contributed by atoms with Crippen molar-refractivity contribution >= 4 is 23.7 Å². The second-order valence-electron chi connectivity index (χ2n) is 8.90. The molecular formula is C26H32N4O6. The van der Waals surface area contributed by atoms with Gasteiger partial charge in [0.15, 0.2) is 0 Å². The predicted octanol–water partition coefficient (Wildman–Crippen LogP) is 0.488. The van der Waals surface area contributed by atoms with Gasteiger partial charge in [0.25, 0.3) is 0 Å². The minimum atomic E-state index is -1.25. The lowest BCUT2D eigenvalue weighted by Gasteiger charge is -2.24. The molecule has 0 saturated carbocycles. The van der Waals surface area contributed by atoms with Crippen LogP contribution in [0, 0.1) is 0 Å². The average Bonchev–Trinajstić information content (AvgIpc) is 3.40. The van der Waals surface area contributed by atoms with Gasteiger partial charge in [-0.25, -0.2) is 4.79 Å². The van der Waals surface area contributed by atoms with E-state index in [0.717, 1.165) is 18.5 Å². The molecule has 1 saturated heterocycles. The molecule has 0 radical (unpaired) electrons. The zero-order valence-electron chi connectivity index (χ0n) is 20.1. The maximum absolute atomic E-state index is 13.2. The van der Waals surface area contributed by atoms with Crippen molar-refractivity contribution in [3.05, 3.63) is 65.7 Å². The largest absolute Gasteiger partial charge is 0.508 e. The molecule has 0 aromatic heterocycles. The summed E-state index contributed by atoms with van der Waals surface area (Å²) in [6.45, 7) is 2.28. The Bertz CT molecular complexity index is 1050. The van der Waals surface area contributed by atoms with Crippen LogP contribution in [0.2, 0.25) is 0 Å². The normalized spacial score (nSPS) is 17.4. The first kappa shape index (κ1) is 26.7. The van der Waals surface area contributed by atoms with E-state index >= 15 is 0 Å². The molecule has 3 amide bonds. The summed E-state index contributed by atoms with van der Waals surface area (Å²) in [7, 11) is 0. The van der Waals surface area contributed by atoms with Crippen molar-refractivity contribution < 1.29 is 29.4 Å². The zero-order chi connectivity index (χ0) is 26.1. The monoisotopic (exact) mass is 496 g/mol. The van der Waals surface area contributed by atoms with Gasteiger partial charge in [-0.05, 0) is 49.6 Å². The number of aliphatic carboxylic acids is 1. The summed E-state index contributed by atoms with van der Waals surface area (Å²) in [6, 6.07) is 11.5. The maximum atomic E-state index is 13.2. The first-order valence-electron chi connectivity index (χ1n) is 11.9. The number of carboxylic acids is 1. The van der Waals surface area contributed by atoms with E-state index in [1.165, 1.54) is 19.1 Å². The van der Waals surface area contributed by atoms with Crippen LogP contribution in [0.15, 0.2) is 54.6 Å². The second kappa shape index (κ2) is 12.7. The summed E-state index contributed by atoms with van der Waals surface area (Å²) < 4.78 is 0. The first-order valence-corrected chi connectivity index (χ1v) is 11.9. The second-order valence-corrected chi connectivity index (χ2v) is 8.90. The van der Waals surface area contributed by atoms with Gasteiger partial charge in [0.05, 0.1) is 6.04 Å². The summed E-state index contributed by atoms with van der Waals surface area (Å²) in [5.74, 6) is -2.67. The van der Waals surface area contributed by atoms with Crippen molar-refractivity contribution in [2.45, 2.75) is 56.8 Å². The van der Waals surface area contributed by atoms with Crippen molar-refractivity contribution in [2.75, 3.05) is 6.54 Å². The number of carbonyl (C=O) groups excluding carboxylic acids is 3.